The van der Waals surface area contributed by atoms with Crippen LogP contribution in [0.2, 0.25) is 0 Å². The fourth-order valence-electron chi connectivity index (χ4n) is 4.28. The van der Waals surface area contributed by atoms with Gasteiger partial charge in [-0.2, -0.15) is 9.79 Å². The SMILES string of the molecule is C.CC.CC.CC.CC.CO.CO.CO.CO.CO.CO.CO.CO.CO.CO.CO.CO.CO.CO.CO.Cc1ccccc1.Cc1ccccc1.Cc1ccccc1.Cc1ccccc1.Cc1ccccc1.Cc1ccccc1.Cc1ccccc1.Cc1ccccc1.[2H]P[2H]. The first-order chi connectivity index (χ1) is 47.6. The van der Waals surface area contributed by atoms with Crippen molar-refractivity contribution < 1.29 is 76.6 Å². The van der Waals surface area contributed by atoms with E-state index in [9.17, 15) is 0 Å². The average Bonchev–Trinajstić information content (AvgIpc) is 3.83. The Morgan fingerprint density at radius 3 is 0.219 bits per heavy atom. The van der Waals surface area contributed by atoms with Crippen LogP contribution in [-0.4, -0.2) is 186 Å². The van der Waals surface area contributed by atoms with Crippen LogP contribution in [0.15, 0.2) is 243 Å². The van der Waals surface area contributed by atoms with Gasteiger partial charge in [0.15, 0.2) is 0 Å². The van der Waals surface area contributed by atoms with E-state index >= 15 is 0 Å². The van der Waals surface area contributed by atoms with E-state index in [1.54, 1.807) is 0 Å². The first-order valence-electron chi connectivity index (χ1n) is 31.0. The molecule has 96 heavy (non-hydrogen) atoms. The minimum absolute atomic E-state index is 0. The maximum Gasteiger partial charge on any atom is 0.0511 e. The highest BCUT2D eigenvalue weighted by atomic mass is 31.0. The topological polar surface area (TPSA) is 303 Å². The molecule has 0 amide bonds. The largest absolute Gasteiger partial charge is 0.400 e. The molecule has 570 valence electrons. The van der Waals surface area contributed by atoms with E-state index < -0.39 is 9.79 Å². The predicted molar refractivity (Wildman–Crippen MR) is 435 cm³/mol. The van der Waals surface area contributed by atoms with E-state index in [2.05, 4.69) is 152 Å². The maximum atomic E-state index is 7.00. The number of rotatable bonds is 0. The molecule has 0 aromatic heterocycles. The van der Waals surface area contributed by atoms with E-state index in [1.165, 1.54) is 44.5 Å². The van der Waals surface area contributed by atoms with Crippen molar-refractivity contribution in [3.8, 4) is 0 Å². The second-order valence-electron chi connectivity index (χ2n) is 13.2. The third-order valence-corrected chi connectivity index (χ3v) is 7.52. The van der Waals surface area contributed by atoms with Gasteiger partial charge in [0.25, 0.3) is 0 Å². The van der Waals surface area contributed by atoms with Crippen LogP contribution in [0.1, 0.15) is 107 Å². The smallest absolute Gasteiger partial charge is 0.0511 e. The lowest BCUT2D eigenvalue weighted by molar-refractivity contribution is 0.399. The summed E-state index contributed by atoms with van der Waals surface area (Å²) in [6.45, 7) is 32.7. The number of aliphatic hydroxyl groups excluding tert-OH is 15. The van der Waals surface area contributed by atoms with Gasteiger partial charge in [0.05, 0.1) is 2.56 Å². The molecule has 0 aliphatic carbocycles. The van der Waals surface area contributed by atoms with Gasteiger partial charge >= 0.3 is 0 Å². The first-order valence-corrected chi connectivity index (χ1v) is 30.0. The van der Waals surface area contributed by atoms with Gasteiger partial charge < -0.3 is 76.6 Å². The molecule has 0 spiro atoms. The zero-order valence-corrected chi connectivity index (χ0v) is 66.3. The molecular weight excluding hydrogens is 1230 g/mol. The van der Waals surface area contributed by atoms with Crippen LogP contribution in [0.3, 0.4) is 0 Å². The highest BCUT2D eigenvalue weighted by Crippen LogP contribution is 1.97. The normalized spacial score (nSPS) is 6.48. The quantitative estimate of drug-likeness (QED) is 0.0628. The molecule has 0 atom stereocenters. The van der Waals surface area contributed by atoms with Gasteiger partial charge in [-0.25, -0.2) is 0 Å². The summed E-state index contributed by atoms with van der Waals surface area (Å²) in [4.78, 5) is 0. The Balaban J connectivity index is -0.0000000338. The predicted octanol–water partition coefficient (Wildman–Crippen LogP) is 14.9. The summed E-state index contributed by atoms with van der Waals surface area (Å²) in [5.41, 5.74) is 10.6. The molecule has 0 fully saturated rings. The Morgan fingerprint density at radius 1 is 0.156 bits per heavy atom. The van der Waals surface area contributed by atoms with E-state index in [0.717, 1.165) is 107 Å². The Morgan fingerprint density at radius 2 is 0.198 bits per heavy atom. The first kappa shape index (κ1) is 141. The molecule has 8 rings (SSSR count). The van der Waals surface area contributed by atoms with Crippen molar-refractivity contribution in [1.82, 2.24) is 0 Å². The summed E-state index contributed by atoms with van der Waals surface area (Å²) in [5.74, 6) is 0. The Kier molecular flexibility index (Phi) is 301. The summed E-state index contributed by atoms with van der Waals surface area (Å²) in [5, 5.41) is 105. The number of benzene rings is 8. The van der Waals surface area contributed by atoms with Crippen molar-refractivity contribution in [2.45, 2.75) is 118 Å². The van der Waals surface area contributed by atoms with Crippen LogP contribution in [-0.2, 0) is 0 Å². The zero-order valence-electron chi connectivity index (χ0n) is 67.3. The molecule has 8 aromatic carbocycles. The second-order valence-corrected chi connectivity index (χ2v) is 13.2. The third-order valence-electron chi connectivity index (χ3n) is 7.52. The standard InChI is InChI=1S/8C7H8.4C2H6.15CH4O.CH4.H3P/c8*1-7-5-3-2-4-6-7;19*1-2;;/h8*2-6H,1H3;4*1-2H3;15*2H,1H3;1H4;1H3/i;;;;;;;;;;;;;;;;;;;;;;;;;;;;1D2. The van der Waals surface area contributed by atoms with E-state index in [4.69, 9.17) is 79.2 Å². The average molecular weight is 1390 g/mol. The maximum absolute atomic E-state index is 7.00. The molecule has 15 N–H and O–H groups in total. The Hall–Kier alpha value is -6.41. The van der Waals surface area contributed by atoms with Gasteiger partial charge in [-0.05, 0) is 55.4 Å². The van der Waals surface area contributed by atoms with E-state index in [1.807, 2.05) is 201 Å². The molecule has 0 heterocycles. The molecule has 16 heteroatoms. The molecule has 0 aliphatic heterocycles. The van der Waals surface area contributed by atoms with Crippen LogP contribution in [0.25, 0.3) is 0 Å². The van der Waals surface area contributed by atoms with Gasteiger partial charge in [0, 0.05) is 107 Å². The van der Waals surface area contributed by atoms with Crippen molar-refractivity contribution in [2.75, 3.05) is 107 Å². The van der Waals surface area contributed by atoms with Crippen molar-refractivity contribution in [3.05, 3.63) is 287 Å². The molecule has 0 saturated carbocycles. The van der Waals surface area contributed by atoms with Crippen molar-refractivity contribution in [3.63, 3.8) is 0 Å². The molecule has 0 unspecified atom stereocenters. The highest BCUT2D eigenvalue weighted by molar-refractivity contribution is 6.92. The lowest BCUT2D eigenvalue weighted by Crippen LogP contribution is -1.62. The van der Waals surface area contributed by atoms with Gasteiger partial charge in [0.2, 0.25) is 0 Å². The monoisotopic (exact) mass is 1390 g/mol. The number of aryl methyl sites for hydroxylation is 8. The number of hydrogen-bond donors (Lipinski definition) is 15. The fourth-order valence-corrected chi connectivity index (χ4v) is 4.28. The molecule has 0 aliphatic rings. The van der Waals surface area contributed by atoms with E-state index in [-0.39, 0.29) is 7.43 Å². The lowest BCUT2D eigenvalue weighted by atomic mass is 10.2. The summed E-state index contributed by atoms with van der Waals surface area (Å²) in [6.07, 6.45) is 0. The van der Waals surface area contributed by atoms with Gasteiger partial charge in [-0.1, -0.05) is 350 Å². The highest BCUT2D eigenvalue weighted by Gasteiger charge is 1.76. The molecule has 0 saturated heterocycles. The fraction of sp³-hybridized carbons (Fsp3) is 0.400. The number of hydrogen-bond acceptors (Lipinski definition) is 15. The second kappa shape index (κ2) is 205. The van der Waals surface area contributed by atoms with Crippen LogP contribution in [0, 0.1) is 55.4 Å². The third kappa shape index (κ3) is 198. The van der Waals surface area contributed by atoms with Gasteiger partial charge in [-0.15, -0.1) is 0 Å². The lowest BCUT2D eigenvalue weighted by Gasteiger charge is -1.82. The molecule has 15 nitrogen and oxygen atoms in total. The van der Waals surface area contributed by atoms with E-state index in [0.29, 0.717) is 0 Å². The van der Waals surface area contributed by atoms with Crippen molar-refractivity contribution >= 4 is 9.79 Å². The summed E-state index contributed by atoms with van der Waals surface area (Å²) in [7, 11) is 14.6. The Labute approximate surface area is 598 Å². The van der Waals surface area contributed by atoms with Crippen LogP contribution >= 0.6 is 9.79 Å². The minimum atomic E-state index is -0.417. The summed E-state index contributed by atoms with van der Waals surface area (Å²) < 4.78 is 11.8. The van der Waals surface area contributed by atoms with Crippen molar-refractivity contribution in [1.29, 1.82) is 2.56 Å². The minimum Gasteiger partial charge on any atom is -0.400 e. The summed E-state index contributed by atoms with van der Waals surface area (Å²) in [6, 6.07) is 82.1. The zero-order chi connectivity index (χ0) is 81.6. The van der Waals surface area contributed by atoms with Crippen molar-refractivity contribution in [2.24, 2.45) is 0 Å². The van der Waals surface area contributed by atoms with Crippen LogP contribution in [0.5, 0.6) is 0 Å². The molecular formula is C80H155O15P. The molecule has 0 radical (unpaired) electrons. The number of aliphatic hydroxyl groups is 15. The Bertz CT molecular complexity index is 1590. The van der Waals surface area contributed by atoms with Crippen LogP contribution < -0.4 is 0 Å². The summed E-state index contributed by atoms with van der Waals surface area (Å²) >= 11 is 0. The van der Waals surface area contributed by atoms with Crippen LogP contribution in [0.4, 0.5) is 0 Å². The van der Waals surface area contributed by atoms with Gasteiger partial charge in [-0.3, -0.25) is 0 Å². The molecule has 0 bridgehead atoms. The van der Waals surface area contributed by atoms with Gasteiger partial charge in [0.1, 0.15) is 0 Å². The molecule has 8 aromatic rings.